The molecule has 0 bridgehead atoms. The summed E-state index contributed by atoms with van der Waals surface area (Å²) in [6, 6.07) is 9.44. The summed E-state index contributed by atoms with van der Waals surface area (Å²) in [5.41, 5.74) is 2.69. The maximum Gasteiger partial charge on any atom is 0.262 e. The van der Waals surface area contributed by atoms with Crippen LogP contribution in [0.15, 0.2) is 46.8 Å². The number of carbonyl (C=O) groups is 1. The number of aromatic nitrogens is 3. The smallest absolute Gasteiger partial charge is 0.262 e. The molecule has 0 saturated heterocycles. The molecule has 5 rings (SSSR count). The van der Waals surface area contributed by atoms with Crippen molar-refractivity contribution in [1.29, 1.82) is 0 Å². The molecule has 0 aliphatic heterocycles. The van der Waals surface area contributed by atoms with Crippen LogP contribution in [-0.2, 0) is 24.2 Å². The van der Waals surface area contributed by atoms with Gasteiger partial charge in [0.2, 0.25) is 5.91 Å². The van der Waals surface area contributed by atoms with Crippen molar-refractivity contribution < 1.29 is 4.79 Å². The van der Waals surface area contributed by atoms with Crippen LogP contribution >= 0.6 is 22.7 Å². The van der Waals surface area contributed by atoms with E-state index in [-0.39, 0.29) is 11.5 Å². The van der Waals surface area contributed by atoms with Gasteiger partial charge in [-0.3, -0.25) is 19.1 Å². The molecule has 0 fully saturated rings. The van der Waals surface area contributed by atoms with Crippen molar-refractivity contribution in [3.8, 4) is 0 Å². The van der Waals surface area contributed by atoms with Gasteiger partial charge in [-0.25, -0.2) is 9.97 Å². The van der Waals surface area contributed by atoms with Crippen LogP contribution in [0.2, 0.25) is 0 Å². The lowest BCUT2D eigenvalue weighted by Gasteiger charge is -2.17. The lowest BCUT2D eigenvalue weighted by atomic mass is 10.2. The second-order valence-corrected chi connectivity index (χ2v) is 8.95. The fourth-order valence-corrected chi connectivity index (χ4v) is 5.88. The second kappa shape index (κ2) is 7.20. The van der Waals surface area contributed by atoms with E-state index in [1.807, 2.05) is 35.7 Å². The van der Waals surface area contributed by atoms with Gasteiger partial charge in [-0.05, 0) is 37.0 Å². The highest BCUT2D eigenvalue weighted by Crippen LogP contribution is 2.34. The van der Waals surface area contributed by atoms with E-state index in [0.717, 1.165) is 40.9 Å². The lowest BCUT2D eigenvalue weighted by molar-refractivity contribution is -0.115. The van der Waals surface area contributed by atoms with Gasteiger partial charge < -0.3 is 0 Å². The summed E-state index contributed by atoms with van der Waals surface area (Å²) >= 11 is 3.03. The summed E-state index contributed by atoms with van der Waals surface area (Å²) in [6.45, 7) is 1.86. The van der Waals surface area contributed by atoms with Gasteiger partial charge in [0.1, 0.15) is 4.83 Å². The normalized spacial score (nSPS) is 13.0. The molecular formula is C21H18N4O2S2. The van der Waals surface area contributed by atoms with Crippen molar-refractivity contribution in [1.82, 2.24) is 14.5 Å². The Kier molecular flexibility index (Phi) is 4.52. The minimum atomic E-state index is -0.105. The highest BCUT2D eigenvalue weighted by molar-refractivity contribution is 7.18. The topological polar surface area (TPSA) is 68.1 Å². The number of benzene rings is 1. The molecule has 1 amide bonds. The quantitative estimate of drug-likeness (QED) is 0.496. The Balaban J connectivity index is 1.48. The van der Waals surface area contributed by atoms with Crippen molar-refractivity contribution in [2.75, 3.05) is 4.90 Å². The molecule has 1 aromatic carbocycles. The third-order valence-electron chi connectivity index (χ3n) is 5.08. The predicted molar refractivity (Wildman–Crippen MR) is 116 cm³/mol. The zero-order chi connectivity index (χ0) is 20.0. The third kappa shape index (κ3) is 3.18. The molecule has 0 spiro atoms. The van der Waals surface area contributed by atoms with Crippen molar-refractivity contribution in [3.05, 3.63) is 68.5 Å². The van der Waals surface area contributed by atoms with Gasteiger partial charge in [0.25, 0.3) is 5.56 Å². The molecule has 146 valence electrons. The summed E-state index contributed by atoms with van der Waals surface area (Å²) in [4.78, 5) is 38.1. The number of anilines is 2. The van der Waals surface area contributed by atoms with Gasteiger partial charge in [-0.15, -0.1) is 22.7 Å². The van der Waals surface area contributed by atoms with Gasteiger partial charge >= 0.3 is 0 Å². The fraction of sp³-hybridized carbons (Fsp3) is 0.238. The average Bonchev–Trinajstić information content (AvgIpc) is 3.41. The average molecular weight is 423 g/mol. The SMILES string of the molecule is CC(=O)N(c1ccccc1)c1nc(Cn2cnc3sc4c(c3c2=O)CCC4)cs1. The number of aryl methyl sites for hydroxylation is 2. The van der Waals surface area contributed by atoms with E-state index in [0.29, 0.717) is 11.7 Å². The summed E-state index contributed by atoms with van der Waals surface area (Å²) in [5.74, 6) is -0.105. The Morgan fingerprint density at radius 1 is 1.24 bits per heavy atom. The number of carbonyl (C=O) groups excluding carboxylic acids is 1. The van der Waals surface area contributed by atoms with Crippen LogP contribution in [0.3, 0.4) is 0 Å². The molecule has 3 aromatic heterocycles. The van der Waals surface area contributed by atoms with Crippen molar-refractivity contribution in [2.45, 2.75) is 32.7 Å². The largest absolute Gasteiger partial charge is 0.293 e. The van der Waals surface area contributed by atoms with Crippen molar-refractivity contribution >= 4 is 49.6 Å². The molecule has 0 atom stereocenters. The van der Waals surface area contributed by atoms with Crippen LogP contribution in [0.5, 0.6) is 0 Å². The molecule has 0 radical (unpaired) electrons. The number of thiazole rings is 1. The zero-order valence-corrected chi connectivity index (χ0v) is 17.4. The summed E-state index contributed by atoms with van der Waals surface area (Å²) in [5, 5.41) is 3.26. The Morgan fingerprint density at radius 3 is 2.86 bits per heavy atom. The number of para-hydroxylation sites is 1. The van der Waals surface area contributed by atoms with Crippen LogP contribution in [0.4, 0.5) is 10.8 Å². The summed E-state index contributed by atoms with van der Waals surface area (Å²) < 4.78 is 1.62. The van der Waals surface area contributed by atoms with E-state index in [2.05, 4.69) is 9.97 Å². The highest BCUT2D eigenvalue weighted by atomic mass is 32.1. The maximum absolute atomic E-state index is 13.1. The molecule has 4 aromatic rings. The highest BCUT2D eigenvalue weighted by Gasteiger charge is 2.22. The molecule has 1 aliphatic rings. The van der Waals surface area contributed by atoms with Crippen LogP contribution in [0.1, 0.15) is 29.5 Å². The fourth-order valence-electron chi connectivity index (χ4n) is 3.78. The molecule has 3 heterocycles. The number of nitrogens with zero attached hydrogens (tertiary/aromatic N) is 4. The van der Waals surface area contributed by atoms with Crippen LogP contribution in [-0.4, -0.2) is 20.4 Å². The number of rotatable bonds is 4. The first kappa shape index (κ1) is 18.2. The van der Waals surface area contributed by atoms with E-state index >= 15 is 0 Å². The Hall–Kier alpha value is -2.84. The Morgan fingerprint density at radius 2 is 2.07 bits per heavy atom. The first-order valence-corrected chi connectivity index (χ1v) is 11.1. The van der Waals surface area contributed by atoms with E-state index < -0.39 is 0 Å². The van der Waals surface area contributed by atoms with E-state index in [4.69, 9.17) is 0 Å². The van der Waals surface area contributed by atoms with E-state index in [9.17, 15) is 9.59 Å². The molecule has 6 nitrogen and oxygen atoms in total. The molecule has 8 heteroatoms. The molecule has 0 unspecified atom stereocenters. The molecule has 1 aliphatic carbocycles. The van der Waals surface area contributed by atoms with Gasteiger partial charge in [0.15, 0.2) is 5.13 Å². The minimum Gasteiger partial charge on any atom is -0.293 e. The third-order valence-corrected chi connectivity index (χ3v) is 7.16. The maximum atomic E-state index is 13.1. The van der Waals surface area contributed by atoms with Crippen molar-refractivity contribution in [3.63, 3.8) is 0 Å². The number of thiophene rings is 1. The first-order valence-electron chi connectivity index (χ1n) is 9.41. The lowest BCUT2D eigenvalue weighted by Crippen LogP contribution is -2.23. The standard InChI is InChI=1S/C21H18N4O2S2/c1-13(26)25(15-6-3-2-4-7-15)21-23-14(11-28-21)10-24-12-22-19-18(20(24)27)16-8-5-9-17(16)29-19/h2-4,6-7,11-12H,5,8-10H2,1H3. The number of hydrogen-bond acceptors (Lipinski definition) is 6. The van der Waals surface area contributed by atoms with Gasteiger partial charge in [0.05, 0.1) is 29.6 Å². The molecule has 29 heavy (non-hydrogen) atoms. The zero-order valence-electron chi connectivity index (χ0n) is 15.8. The summed E-state index contributed by atoms with van der Waals surface area (Å²) in [6.07, 6.45) is 4.73. The number of amides is 1. The van der Waals surface area contributed by atoms with E-state index in [1.165, 1.54) is 28.7 Å². The molecule has 0 saturated carbocycles. The van der Waals surface area contributed by atoms with Gasteiger partial charge in [0, 0.05) is 17.2 Å². The van der Waals surface area contributed by atoms with Crippen molar-refractivity contribution in [2.24, 2.45) is 0 Å². The molecular weight excluding hydrogens is 404 g/mol. The Bertz CT molecular complexity index is 1270. The predicted octanol–water partition coefficient (Wildman–Crippen LogP) is 4.14. The second-order valence-electron chi connectivity index (χ2n) is 7.03. The van der Waals surface area contributed by atoms with E-state index in [1.54, 1.807) is 27.1 Å². The van der Waals surface area contributed by atoms with Gasteiger partial charge in [-0.2, -0.15) is 0 Å². The number of hydrogen-bond donors (Lipinski definition) is 0. The van der Waals surface area contributed by atoms with Crippen LogP contribution in [0, 0.1) is 0 Å². The number of fused-ring (bicyclic) bond motifs is 3. The van der Waals surface area contributed by atoms with Crippen LogP contribution in [0.25, 0.3) is 10.2 Å². The first-order chi connectivity index (χ1) is 14.1. The minimum absolute atomic E-state index is 0.00423. The molecule has 0 N–H and O–H groups in total. The monoisotopic (exact) mass is 422 g/mol. The van der Waals surface area contributed by atoms with Gasteiger partial charge in [-0.1, -0.05) is 18.2 Å². The van der Waals surface area contributed by atoms with Crippen LogP contribution < -0.4 is 10.5 Å². The Labute approximate surface area is 175 Å². The summed E-state index contributed by atoms with van der Waals surface area (Å²) in [7, 11) is 0.